The lowest BCUT2D eigenvalue weighted by Crippen LogP contribution is -2.11. The van der Waals surface area contributed by atoms with Crippen molar-refractivity contribution in [1.82, 2.24) is 24.8 Å². The van der Waals surface area contributed by atoms with Crippen LogP contribution in [0.1, 0.15) is 18.2 Å². The molecule has 0 spiro atoms. The fourth-order valence-electron chi connectivity index (χ4n) is 2.42. The van der Waals surface area contributed by atoms with Gasteiger partial charge in [-0.25, -0.2) is 15.0 Å². The van der Waals surface area contributed by atoms with Gasteiger partial charge in [-0.05, 0) is 24.2 Å². The molecule has 132 valence electrons. The smallest absolute Gasteiger partial charge is 0.158 e. The first-order chi connectivity index (χ1) is 12.7. The average molecular weight is 349 g/mol. The Hall–Kier alpha value is -3.44. The van der Waals surface area contributed by atoms with Crippen LogP contribution in [0.25, 0.3) is 5.69 Å². The van der Waals surface area contributed by atoms with Crippen molar-refractivity contribution in [2.24, 2.45) is 0 Å². The van der Waals surface area contributed by atoms with Crippen molar-refractivity contribution < 1.29 is 4.74 Å². The molecule has 8 heteroatoms. The average Bonchev–Trinajstić information content (AvgIpc) is 3.15. The Kier molecular flexibility index (Phi) is 5.41. The first-order valence-corrected chi connectivity index (χ1v) is 8.14. The quantitative estimate of drug-likeness (QED) is 0.675. The highest BCUT2D eigenvalue weighted by Crippen LogP contribution is 2.25. The van der Waals surface area contributed by atoms with E-state index in [9.17, 15) is 0 Å². The van der Waals surface area contributed by atoms with E-state index in [1.807, 2.05) is 29.0 Å². The van der Waals surface area contributed by atoms with E-state index in [4.69, 9.17) is 10.00 Å². The Morgan fingerprint density at radius 2 is 2.08 bits per heavy atom. The monoisotopic (exact) mass is 349 g/mol. The van der Waals surface area contributed by atoms with Gasteiger partial charge in [0.1, 0.15) is 29.8 Å². The minimum Gasteiger partial charge on any atom is -0.495 e. The minimum absolute atomic E-state index is 0.267. The van der Waals surface area contributed by atoms with Crippen LogP contribution in [0.4, 0.5) is 11.6 Å². The molecule has 26 heavy (non-hydrogen) atoms. The normalized spacial score (nSPS) is 10.3. The van der Waals surface area contributed by atoms with E-state index in [-0.39, 0.29) is 5.69 Å². The van der Waals surface area contributed by atoms with E-state index >= 15 is 0 Å². The summed E-state index contributed by atoms with van der Waals surface area (Å²) in [5.41, 5.74) is 2.31. The zero-order valence-electron chi connectivity index (χ0n) is 14.6. The molecule has 0 saturated carbocycles. The van der Waals surface area contributed by atoms with E-state index in [2.05, 4.69) is 38.6 Å². The van der Waals surface area contributed by atoms with Crippen molar-refractivity contribution in [2.75, 3.05) is 19.0 Å². The van der Waals surface area contributed by atoms with Crippen molar-refractivity contribution in [1.29, 1.82) is 5.26 Å². The van der Waals surface area contributed by atoms with Crippen molar-refractivity contribution in [3.05, 3.63) is 54.4 Å². The summed E-state index contributed by atoms with van der Waals surface area (Å²) in [5.74, 6) is 1.90. The van der Waals surface area contributed by atoms with Gasteiger partial charge in [0.15, 0.2) is 5.69 Å². The van der Waals surface area contributed by atoms with E-state index in [1.165, 1.54) is 12.4 Å². The molecule has 0 aliphatic rings. The molecule has 0 fully saturated rings. The fourth-order valence-corrected chi connectivity index (χ4v) is 2.42. The molecule has 2 aromatic heterocycles. The third-order valence-corrected chi connectivity index (χ3v) is 3.71. The fraction of sp³-hybridized carbons (Fsp3) is 0.222. The van der Waals surface area contributed by atoms with Crippen molar-refractivity contribution >= 4 is 11.6 Å². The second kappa shape index (κ2) is 8.09. The van der Waals surface area contributed by atoms with E-state index in [1.54, 1.807) is 13.4 Å². The van der Waals surface area contributed by atoms with Crippen LogP contribution in [0.2, 0.25) is 0 Å². The van der Waals surface area contributed by atoms with Gasteiger partial charge in [-0.15, -0.1) is 0 Å². The number of methoxy groups -OCH3 is 1. The summed E-state index contributed by atoms with van der Waals surface area (Å²) in [4.78, 5) is 12.4. The van der Waals surface area contributed by atoms with Gasteiger partial charge in [0.2, 0.25) is 0 Å². The molecule has 1 aromatic carbocycles. The molecule has 0 unspecified atom stereocenters. The summed E-state index contributed by atoms with van der Waals surface area (Å²) in [5, 5.41) is 15.1. The number of rotatable bonds is 7. The summed E-state index contributed by atoms with van der Waals surface area (Å²) in [7, 11) is 1.65. The topological polar surface area (TPSA) is 101 Å². The highest BCUT2D eigenvalue weighted by molar-refractivity contribution is 5.54. The first-order valence-electron chi connectivity index (χ1n) is 8.14. The van der Waals surface area contributed by atoms with Gasteiger partial charge in [-0.3, -0.25) is 0 Å². The lowest BCUT2D eigenvalue weighted by atomic mass is 10.2. The minimum atomic E-state index is 0.267. The number of benzene rings is 1. The van der Waals surface area contributed by atoms with E-state index in [0.29, 0.717) is 11.6 Å². The number of anilines is 2. The number of imidazole rings is 1. The van der Waals surface area contributed by atoms with E-state index in [0.717, 1.165) is 30.1 Å². The molecule has 8 nitrogen and oxygen atoms in total. The van der Waals surface area contributed by atoms with Gasteiger partial charge < -0.3 is 19.9 Å². The predicted octanol–water partition coefficient (Wildman–Crippen LogP) is 2.40. The predicted molar refractivity (Wildman–Crippen MR) is 97.5 cm³/mol. The van der Waals surface area contributed by atoms with Crippen molar-refractivity contribution in [2.45, 2.75) is 13.5 Å². The molecule has 2 N–H and O–H groups in total. The molecule has 2 heterocycles. The second-order valence-electron chi connectivity index (χ2n) is 5.48. The van der Waals surface area contributed by atoms with Crippen molar-refractivity contribution in [3.8, 4) is 17.5 Å². The van der Waals surface area contributed by atoms with Gasteiger partial charge in [0.25, 0.3) is 0 Å². The molecular formula is C18H19N7O. The number of hydrogen-bond acceptors (Lipinski definition) is 7. The molecular weight excluding hydrogens is 330 g/mol. The summed E-state index contributed by atoms with van der Waals surface area (Å²) in [6.45, 7) is 3.78. The van der Waals surface area contributed by atoms with Gasteiger partial charge in [-0.2, -0.15) is 5.26 Å². The SMILES string of the molecule is CCNCc1ccc(-n2cnc(Nc3cnc(C#N)cn3)c2)c(OC)c1. The third kappa shape index (κ3) is 3.96. The highest BCUT2D eigenvalue weighted by atomic mass is 16.5. The van der Waals surface area contributed by atoms with Crippen LogP contribution in [-0.4, -0.2) is 33.2 Å². The maximum Gasteiger partial charge on any atom is 0.158 e. The Morgan fingerprint density at radius 3 is 2.77 bits per heavy atom. The Balaban J connectivity index is 1.79. The molecule has 0 aliphatic carbocycles. The second-order valence-corrected chi connectivity index (χ2v) is 5.48. The largest absolute Gasteiger partial charge is 0.495 e. The van der Waals surface area contributed by atoms with Crippen LogP contribution >= 0.6 is 0 Å². The van der Waals surface area contributed by atoms with Gasteiger partial charge in [0.05, 0.1) is 31.4 Å². The van der Waals surface area contributed by atoms with Gasteiger partial charge >= 0.3 is 0 Å². The van der Waals surface area contributed by atoms with Crippen LogP contribution in [0.15, 0.2) is 43.1 Å². The number of nitriles is 1. The molecule has 0 bridgehead atoms. The molecule has 3 aromatic rings. The van der Waals surface area contributed by atoms with Crippen LogP contribution in [0.5, 0.6) is 5.75 Å². The molecule has 0 aliphatic heterocycles. The highest BCUT2D eigenvalue weighted by Gasteiger charge is 2.09. The Bertz CT molecular complexity index is 912. The van der Waals surface area contributed by atoms with Crippen LogP contribution in [0.3, 0.4) is 0 Å². The lowest BCUT2D eigenvalue weighted by Gasteiger charge is -2.11. The van der Waals surface area contributed by atoms with Gasteiger partial charge in [-0.1, -0.05) is 13.0 Å². The standard InChI is InChI=1S/C18H19N7O/c1-3-20-8-13-4-5-15(16(6-13)26-2)25-11-18(23-12-25)24-17-10-21-14(7-19)9-22-17/h4-6,9-12,20H,3,8H2,1-2H3,(H,22,24). The summed E-state index contributed by atoms with van der Waals surface area (Å²) < 4.78 is 7.39. The zero-order valence-corrected chi connectivity index (χ0v) is 14.6. The number of hydrogen-bond donors (Lipinski definition) is 2. The summed E-state index contributed by atoms with van der Waals surface area (Å²) in [6, 6.07) is 8.00. The molecule has 0 amide bonds. The Labute approximate surface area is 151 Å². The van der Waals surface area contributed by atoms with E-state index < -0.39 is 0 Å². The maximum absolute atomic E-state index is 8.76. The summed E-state index contributed by atoms with van der Waals surface area (Å²) >= 11 is 0. The number of nitrogens with one attached hydrogen (secondary N) is 2. The summed E-state index contributed by atoms with van der Waals surface area (Å²) in [6.07, 6.45) is 6.43. The van der Waals surface area contributed by atoms with Gasteiger partial charge in [0, 0.05) is 6.54 Å². The number of ether oxygens (including phenoxy) is 1. The third-order valence-electron chi connectivity index (χ3n) is 3.71. The molecule has 0 saturated heterocycles. The van der Waals surface area contributed by atoms with Crippen LogP contribution in [0, 0.1) is 11.3 Å². The van der Waals surface area contributed by atoms with Crippen molar-refractivity contribution in [3.63, 3.8) is 0 Å². The van der Waals surface area contributed by atoms with Crippen LogP contribution < -0.4 is 15.4 Å². The number of aromatic nitrogens is 4. The Morgan fingerprint density at radius 1 is 1.19 bits per heavy atom. The van der Waals surface area contributed by atoms with Crippen LogP contribution in [-0.2, 0) is 6.54 Å². The molecule has 3 rings (SSSR count). The molecule has 0 radical (unpaired) electrons. The molecule has 0 atom stereocenters. The number of nitrogens with zero attached hydrogens (tertiary/aromatic N) is 5. The maximum atomic E-state index is 8.76. The lowest BCUT2D eigenvalue weighted by molar-refractivity contribution is 0.412. The zero-order chi connectivity index (χ0) is 18.4. The first kappa shape index (κ1) is 17.4.